The van der Waals surface area contributed by atoms with Crippen LogP contribution >= 0.6 is 15.9 Å². The summed E-state index contributed by atoms with van der Waals surface area (Å²) in [7, 11) is 3.41. The molecule has 0 bridgehead atoms. The molecule has 1 unspecified atom stereocenters. The Morgan fingerprint density at radius 3 is 2.33 bits per heavy atom. The van der Waals surface area contributed by atoms with Crippen LogP contribution in [0.3, 0.4) is 0 Å². The molecular formula is C18H21BrO2. The van der Waals surface area contributed by atoms with E-state index >= 15 is 0 Å². The minimum absolute atomic E-state index is 0.287. The van der Waals surface area contributed by atoms with Gasteiger partial charge in [0.1, 0.15) is 11.5 Å². The number of halogens is 1. The van der Waals surface area contributed by atoms with Gasteiger partial charge in [-0.1, -0.05) is 45.8 Å². The van der Waals surface area contributed by atoms with E-state index in [-0.39, 0.29) is 4.83 Å². The van der Waals surface area contributed by atoms with Gasteiger partial charge < -0.3 is 9.47 Å². The Morgan fingerprint density at radius 1 is 1.00 bits per heavy atom. The summed E-state index contributed by atoms with van der Waals surface area (Å²) >= 11 is 3.79. The van der Waals surface area contributed by atoms with E-state index in [4.69, 9.17) is 9.47 Å². The molecule has 0 heterocycles. The maximum absolute atomic E-state index is 5.46. The van der Waals surface area contributed by atoms with Crippen molar-refractivity contribution in [1.82, 2.24) is 0 Å². The highest BCUT2D eigenvalue weighted by molar-refractivity contribution is 9.09. The number of rotatable bonds is 6. The van der Waals surface area contributed by atoms with E-state index < -0.39 is 0 Å². The Bertz CT molecular complexity index is 578. The number of ether oxygens (including phenoxy) is 2. The van der Waals surface area contributed by atoms with E-state index in [1.807, 2.05) is 18.2 Å². The van der Waals surface area contributed by atoms with Crippen LogP contribution in [0, 0.1) is 6.92 Å². The van der Waals surface area contributed by atoms with Gasteiger partial charge in [0.25, 0.3) is 0 Å². The zero-order valence-corrected chi connectivity index (χ0v) is 14.3. The number of benzene rings is 2. The SMILES string of the molecule is COc1ccc(CCC(Br)c2cc(C)ccc2OC)cc1. The highest BCUT2D eigenvalue weighted by Gasteiger charge is 2.13. The summed E-state index contributed by atoms with van der Waals surface area (Å²) in [5, 5.41) is 0. The number of hydrogen-bond donors (Lipinski definition) is 0. The summed E-state index contributed by atoms with van der Waals surface area (Å²) in [4.78, 5) is 0.287. The first-order valence-corrected chi connectivity index (χ1v) is 7.97. The third-order valence-corrected chi connectivity index (χ3v) is 4.52. The number of methoxy groups -OCH3 is 2. The van der Waals surface area contributed by atoms with Crippen molar-refractivity contribution in [1.29, 1.82) is 0 Å². The summed E-state index contributed by atoms with van der Waals surface area (Å²) < 4.78 is 10.6. The summed E-state index contributed by atoms with van der Waals surface area (Å²) in [5.41, 5.74) is 3.78. The molecule has 2 aromatic rings. The lowest BCUT2D eigenvalue weighted by Crippen LogP contribution is -1.98. The van der Waals surface area contributed by atoms with E-state index in [0.717, 1.165) is 24.3 Å². The summed E-state index contributed by atoms with van der Waals surface area (Å²) in [6.07, 6.45) is 2.03. The highest BCUT2D eigenvalue weighted by Crippen LogP contribution is 2.35. The maximum Gasteiger partial charge on any atom is 0.123 e. The van der Waals surface area contributed by atoms with Crippen LogP contribution in [0.25, 0.3) is 0 Å². The molecule has 0 spiro atoms. The lowest BCUT2D eigenvalue weighted by atomic mass is 10.0. The third kappa shape index (κ3) is 4.24. The first-order valence-electron chi connectivity index (χ1n) is 7.05. The predicted octanol–water partition coefficient (Wildman–Crippen LogP) is 5.08. The van der Waals surface area contributed by atoms with Crippen molar-refractivity contribution in [3.8, 4) is 11.5 Å². The quantitative estimate of drug-likeness (QED) is 0.677. The van der Waals surface area contributed by atoms with Crippen molar-refractivity contribution in [2.75, 3.05) is 14.2 Å². The number of hydrogen-bond acceptors (Lipinski definition) is 2. The fourth-order valence-corrected chi connectivity index (χ4v) is 2.93. The van der Waals surface area contributed by atoms with Gasteiger partial charge in [-0.2, -0.15) is 0 Å². The Labute approximate surface area is 135 Å². The van der Waals surface area contributed by atoms with Crippen molar-refractivity contribution in [3.63, 3.8) is 0 Å². The van der Waals surface area contributed by atoms with E-state index in [2.05, 4.69) is 47.1 Å². The van der Waals surface area contributed by atoms with Crippen LogP contribution in [0.2, 0.25) is 0 Å². The van der Waals surface area contributed by atoms with E-state index in [9.17, 15) is 0 Å². The maximum atomic E-state index is 5.46. The molecule has 21 heavy (non-hydrogen) atoms. The van der Waals surface area contributed by atoms with Gasteiger partial charge in [0, 0.05) is 10.4 Å². The summed E-state index contributed by atoms with van der Waals surface area (Å²) in [6, 6.07) is 14.5. The molecule has 2 aromatic carbocycles. The van der Waals surface area contributed by atoms with Gasteiger partial charge in [0.2, 0.25) is 0 Å². The molecule has 0 saturated carbocycles. The zero-order chi connectivity index (χ0) is 15.2. The minimum Gasteiger partial charge on any atom is -0.497 e. The first kappa shape index (κ1) is 15.9. The van der Waals surface area contributed by atoms with Crippen LogP contribution in [0.4, 0.5) is 0 Å². The van der Waals surface area contributed by atoms with Crippen molar-refractivity contribution in [2.45, 2.75) is 24.6 Å². The normalized spacial score (nSPS) is 12.0. The van der Waals surface area contributed by atoms with Crippen LogP contribution in [-0.2, 0) is 6.42 Å². The molecule has 0 aliphatic rings. The van der Waals surface area contributed by atoms with E-state index in [0.29, 0.717) is 0 Å². The van der Waals surface area contributed by atoms with E-state index in [1.165, 1.54) is 16.7 Å². The van der Waals surface area contributed by atoms with Gasteiger partial charge >= 0.3 is 0 Å². The smallest absolute Gasteiger partial charge is 0.123 e. The fourth-order valence-electron chi connectivity index (χ4n) is 2.34. The Hall–Kier alpha value is -1.48. The van der Waals surface area contributed by atoms with Crippen LogP contribution in [0.5, 0.6) is 11.5 Å². The van der Waals surface area contributed by atoms with Gasteiger partial charge in [0.15, 0.2) is 0 Å². The molecule has 0 fully saturated rings. The van der Waals surface area contributed by atoms with Crippen molar-refractivity contribution in [3.05, 3.63) is 59.2 Å². The molecule has 0 aliphatic heterocycles. The predicted molar refractivity (Wildman–Crippen MR) is 90.7 cm³/mol. The molecule has 2 nitrogen and oxygen atoms in total. The van der Waals surface area contributed by atoms with Gasteiger partial charge in [-0.15, -0.1) is 0 Å². The van der Waals surface area contributed by atoms with Gasteiger partial charge in [-0.05, 0) is 43.5 Å². The molecular weight excluding hydrogens is 328 g/mol. The molecule has 2 rings (SSSR count). The third-order valence-electron chi connectivity index (χ3n) is 3.57. The van der Waals surface area contributed by atoms with Crippen LogP contribution in [-0.4, -0.2) is 14.2 Å². The largest absolute Gasteiger partial charge is 0.497 e. The molecule has 0 aromatic heterocycles. The molecule has 0 amide bonds. The van der Waals surface area contributed by atoms with E-state index in [1.54, 1.807) is 14.2 Å². The highest BCUT2D eigenvalue weighted by atomic mass is 79.9. The first-order chi connectivity index (χ1) is 10.1. The minimum atomic E-state index is 0.287. The molecule has 0 saturated heterocycles. The summed E-state index contributed by atoms with van der Waals surface area (Å²) in [6.45, 7) is 2.10. The van der Waals surface area contributed by atoms with Crippen LogP contribution < -0.4 is 9.47 Å². The molecule has 0 aliphatic carbocycles. The van der Waals surface area contributed by atoms with Crippen molar-refractivity contribution < 1.29 is 9.47 Å². The molecule has 0 radical (unpaired) electrons. The number of aryl methyl sites for hydroxylation is 2. The lowest BCUT2D eigenvalue weighted by molar-refractivity contribution is 0.409. The monoisotopic (exact) mass is 348 g/mol. The zero-order valence-electron chi connectivity index (χ0n) is 12.7. The Morgan fingerprint density at radius 2 is 1.71 bits per heavy atom. The molecule has 0 N–H and O–H groups in total. The van der Waals surface area contributed by atoms with Gasteiger partial charge in [0.05, 0.1) is 14.2 Å². The standard InChI is InChI=1S/C18H21BrO2/c1-13-4-11-18(21-3)16(12-13)17(19)10-7-14-5-8-15(20-2)9-6-14/h4-6,8-9,11-12,17H,7,10H2,1-3H3. The second kappa shape index (κ2) is 7.51. The van der Waals surface area contributed by atoms with Crippen LogP contribution in [0.15, 0.2) is 42.5 Å². The topological polar surface area (TPSA) is 18.5 Å². The summed E-state index contributed by atoms with van der Waals surface area (Å²) in [5.74, 6) is 1.84. The molecule has 3 heteroatoms. The average Bonchev–Trinajstić information content (AvgIpc) is 2.53. The second-order valence-electron chi connectivity index (χ2n) is 5.10. The second-order valence-corrected chi connectivity index (χ2v) is 6.21. The van der Waals surface area contributed by atoms with Gasteiger partial charge in [-0.3, -0.25) is 0 Å². The molecule has 1 atom stereocenters. The van der Waals surface area contributed by atoms with Gasteiger partial charge in [-0.25, -0.2) is 0 Å². The number of alkyl halides is 1. The lowest BCUT2D eigenvalue weighted by Gasteiger charge is -2.15. The van der Waals surface area contributed by atoms with Crippen molar-refractivity contribution in [2.24, 2.45) is 0 Å². The Balaban J connectivity index is 2.03. The fraction of sp³-hybridized carbons (Fsp3) is 0.333. The van der Waals surface area contributed by atoms with Crippen molar-refractivity contribution >= 4 is 15.9 Å². The van der Waals surface area contributed by atoms with Crippen LogP contribution in [0.1, 0.15) is 27.9 Å². The molecule has 112 valence electrons. The average molecular weight is 349 g/mol. The Kier molecular flexibility index (Phi) is 5.68.